The first-order valence-corrected chi connectivity index (χ1v) is 8.52. The maximum Gasteiger partial charge on any atom is 0.234 e. The van der Waals surface area contributed by atoms with Crippen LogP contribution in [0.2, 0.25) is 0 Å². The van der Waals surface area contributed by atoms with Crippen molar-refractivity contribution >= 4 is 5.91 Å². The van der Waals surface area contributed by atoms with Gasteiger partial charge in [-0.3, -0.25) is 14.8 Å². The van der Waals surface area contributed by atoms with E-state index in [-0.39, 0.29) is 12.0 Å². The lowest BCUT2D eigenvalue weighted by molar-refractivity contribution is -0.122. The van der Waals surface area contributed by atoms with Gasteiger partial charge in [0.05, 0.1) is 25.4 Å². The van der Waals surface area contributed by atoms with Crippen molar-refractivity contribution in [1.82, 2.24) is 20.4 Å². The number of hydrogen-bond donors (Lipinski definition) is 3. The van der Waals surface area contributed by atoms with Crippen molar-refractivity contribution in [3.8, 4) is 16.9 Å². The van der Waals surface area contributed by atoms with Crippen molar-refractivity contribution in [3.63, 3.8) is 0 Å². The van der Waals surface area contributed by atoms with Crippen LogP contribution in [0.4, 0.5) is 0 Å². The smallest absolute Gasteiger partial charge is 0.234 e. The Bertz CT molecular complexity index is 716. The number of rotatable bonds is 7. The van der Waals surface area contributed by atoms with Crippen LogP contribution in [0.1, 0.15) is 12.1 Å². The molecule has 3 rings (SSSR count). The van der Waals surface area contributed by atoms with Gasteiger partial charge in [0.15, 0.2) is 0 Å². The maximum absolute atomic E-state index is 11.9. The number of carbonyl (C=O) groups is 1. The quantitative estimate of drug-likeness (QED) is 0.651. The minimum Gasteiger partial charge on any atom is -0.492 e. The van der Waals surface area contributed by atoms with Crippen molar-refractivity contribution in [3.05, 3.63) is 36.2 Å². The topological polar surface area (TPSA) is 90.5 Å². The van der Waals surface area contributed by atoms with E-state index in [9.17, 15) is 9.90 Å². The van der Waals surface area contributed by atoms with Crippen molar-refractivity contribution < 1.29 is 14.6 Å². The Morgan fingerprint density at radius 3 is 3.12 bits per heavy atom. The number of likely N-dealkylation sites (tertiary alicyclic amines) is 1. The molecule has 134 valence electrons. The highest BCUT2D eigenvalue weighted by atomic mass is 16.5. The van der Waals surface area contributed by atoms with Crippen LogP contribution in [-0.4, -0.2) is 65.0 Å². The lowest BCUT2D eigenvalue weighted by Crippen LogP contribution is -2.38. The molecule has 1 amide bonds. The fourth-order valence-electron chi connectivity index (χ4n) is 2.97. The summed E-state index contributed by atoms with van der Waals surface area (Å²) < 4.78 is 5.72. The van der Waals surface area contributed by atoms with E-state index in [0.29, 0.717) is 26.2 Å². The molecule has 25 heavy (non-hydrogen) atoms. The van der Waals surface area contributed by atoms with Crippen LogP contribution < -0.4 is 10.1 Å². The van der Waals surface area contributed by atoms with Gasteiger partial charge in [0.1, 0.15) is 12.4 Å². The standard InChI is InChI=1S/C18H24N4O3/c1-13-17(10-20-21-13)14-3-2-4-16(9-14)25-8-6-19-18(24)12-22-7-5-15(23)11-22/h2-4,9-10,15,23H,5-8,11-12H2,1H3,(H,19,24)(H,20,21)/t15-/m0/s1. The van der Waals surface area contributed by atoms with Crippen molar-refractivity contribution in [2.45, 2.75) is 19.4 Å². The van der Waals surface area contributed by atoms with E-state index < -0.39 is 0 Å². The molecule has 1 aromatic heterocycles. The average molecular weight is 344 g/mol. The number of aromatic amines is 1. The molecule has 1 fully saturated rings. The normalized spacial score (nSPS) is 17.6. The van der Waals surface area contributed by atoms with Gasteiger partial charge >= 0.3 is 0 Å². The molecule has 1 atom stereocenters. The molecule has 0 spiro atoms. The Morgan fingerprint density at radius 1 is 1.52 bits per heavy atom. The van der Waals surface area contributed by atoms with Crippen molar-refractivity contribution in [2.24, 2.45) is 0 Å². The highest BCUT2D eigenvalue weighted by Crippen LogP contribution is 2.25. The number of nitrogens with zero attached hydrogens (tertiary/aromatic N) is 2. The van der Waals surface area contributed by atoms with Crippen molar-refractivity contribution in [2.75, 3.05) is 32.8 Å². The van der Waals surface area contributed by atoms with Gasteiger partial charge in [0, 0.05) is 24.3 Å². The van der Waals surface area contributed by atoms with Crippen LogP contribution in [0.15, 0.2) is 30.5 Å². The second-order valence-electron chi connectivity index (χ2n) is 6.31. The minimum atomic E-state index is -0.303. The summed E-state index contributed by atoms with van der Waals surface area (Å²) in [5.41, 5.74) is 3.10. The molecule has 0 aliphatic carbocycles. The van der Waals surface area contributed by atoms with Gasteiger partial charge in [-0.05, 0) is 31.0 Å². The molecule has 0 saturated carbocycles. The monoisotopic (exact) mass is 344 g/mol. The van der Waals surface area contributed by atoms with Crippen molar-refractivity contribution in [1.29, 1.82) is 0 Å². The van der Waals surface area contributed by atoms with E-state index in [1.807, 2.05) is 36.1 Å². The number of hydrogen-bond acceptors (Lipinski definition) is 5. The first-order chi connectivity index (χ1) is 12.1. The molecule has 7 heteroatoms. The summed E-state index contributed by atoms with van der Waals surface area (Å²) in [6, 6.07) is 7.81. The average Bonchev–Trinajstić information content (AvgIpc) is 3.20. The lowest BCUT2D eigenvalue weighted by Gasteiger charge is -2.14. The summed E-state index contributed by atoms with van der Waals surface area (Å²) in [5.74, 6) is 0.718. The number of H-pyrrole nitrogens is 1. The molecule has 1 saturated heterocycles. The second kappa shape index (κ2) is 8.13. The van der Waals surface area contributed by atoms with Crippen LogP contribution in [0.3, 0.4) is 0 Å². The predicted molar refractivity (Wildman–Crippen MR) is 94.3 cm³/mol. The van der Waals surface area contributed by atoms with E-state index in [0.717, 1.165) is 35.5 Å². The van der Waals surface area contributed by atoms with E-state index in [4.69, 9.17) is 4.74 Å². The van der Waals surface area contributed by atoms with Gasteiger partial charge in [-0.2, -0.15) is 5.10 Å². The SMILES string of the molecule is Cc1[nH]ncc1-c1cccc(OCCNC(=O)CN2CC[C@H](O)C2)c1. The van der Waals surface area contributed by atoms with Crippen LogP contribution in [0.5, 0.6) is 5.75 Å². The molecule has 0 unspecified atom stereocenters. The number of aliphatic hydroxyl groups is 1. The summed E-state index contributed by atoms with van der Waals surface area (Å²) in [6.45, 7) is 4.50. The van der Waals surface area contributed by atoms with E-state index >= 15 is 0 Å². The summed E-state index contributed by atoms with van der Waals surface area (Å²) in [7, 11) is 0. The van der Waals surface area contributed by atoms with Gasteiger partial charge in [0.2, 0.25) is 5.91 Å². The number of aliphatic hydroxyl groups excluding tert-OH is 1. The summed E-state index contributed by atoms with van der Waals surface area (Å²) in [4.78, 5) is 13.8. The summed E-state index contributed by atoms with van der Waals surface area (Å²) >= 11 is 0. The minimum absolute atomic E-state index is 0.0412. The number of aryl methyl sites for hydroxylation is 1. The Labute approximate surface area is 147 Å². The largest absolute Gasteiger partial charge is 0.492 e. The number of aromatic nitrogens is 2. The molecule has 3 N–H and O–H groups in total. The van der Waals surface area contributed by atoms with Crippen LogP contribution in [0.25, 0.3) is 11.1 Å². The van der Waals surface area contributed by atoms with Gasteiger partial charge in [0.25, 0.3) is 0 Å². The van der Waals surface area contributed by atoms with E-state index in [1.54, 1.807) is 6.20 Å². The number of ether oxygens (including phenoxy) is 1. The zero-order chi connectivity index (χ0) is 17.6. The summed E-state index contributed by atoms with van der Waals surface area (Å²) in [5, 5.41) is 19.3. The summed E-state index contributed by atoms with van der Waals surface area (Å²) in [6.07, 6.45) is 2.23. The zero-order valence-electron chi connectivity index (χ0n) is 14.4. The molecular formula is C18H24N4O3. The Morgan fingerprint density at radius 2 is 2.40 bits per heavy atom. The third-order valence-electron chi connectivity index (χ3n) is 4.28. The maximum atomic E-state index is 11.9. The molecular weight excluding hydrogens is 320 g/mol. The molecule has 2 aromatic rings. The molecule has 1 aliphatic rings. The Kier molecular flexibility index (Phi) is 5.67. The molecule has 7 nitrogen and oxygen atoms in total. The number of nitrogens with one attached hydrogen (secondary N) is 2. The first-order valence-electron chi connectivity index (χ1n) is 8.52. The molecule has 2 heterocycles. The number of benzene rings is 1. The predicted octanol–water partition coefficient (Wildman–Crippen LogP) is 0.947. The highest BCUT2D eigenvalue weighted by Gasteiger charge is 2.21. The fraction of sp³-hybridized carbons (Fsp3) is 0.444. The van der Waals surface area contributed by atoms with Gasteiger partial charge in [-0.25, -0.2) is 0 Å². The first kappa shape index (κ1) is 17.4. The van der Waals surface area contributed by atoms with Crippen LogP contribution in [-0.2, 0) is 4.79 Å². The molecule has 0 radical (unpaired) electrons. The molecule has 0 bridgehead atoms. The van der Waals surface area contributed by atoms with E-state index in [1.165, 1.54) is 0 Å². The number of amides is 1. The third kappa shape index (κ3) is 4.80. The van der Waals surface area contributed by atoms with Gasteiger partial charge in [-0.1, -0.05) is 12.1 Å². The van der Waals surface area contributed by atoms with Gasteiger partial charge in [-0.15, -0.1) is 0 Å². The van der Waals surface area contributed by atoms with E-state index in [2.05, 4.69) is 15.5 Å². The zero-order valence-corrected chi connectivity index (χ0v) is 14.4. The Balaban J connectivity index is 1.42. The number of β-amino-alcohol motifs (C(OH)–C–C–N with tert-alkyl or cyclic N) is 1. The number of carbonyl (C=O) groups excluding carboxylic acids is 1. The fourth-order valence-corrected chi connectivity index (χ4v) is 2.97. The lowest BCUT2D eigenvalue weighted by atomic mass is 10.1. The Hall–Kier alpha value is -2.38. The van der Waals surface area contributed by atoms with Crippen LogP contribution in [0, 0.1) is 6.92 Å². The second-order valence-corrected chi connectivity index (χ2v) is 6.31. The van der Waals surface area contributed by atoms with Crippen LogP contribution >= 0.6 is 0 Å². The molecule has 1 aromatic carbocycles. The molecule has 1 aliphatic heterocycles. The third-order valence-corrected chi connectivity index (χ3v) is 4.28. The van der Waals surface area contributed by atoms with Gasteiger partial charge < -0.3 is 15.2 Å². The highest BCUT2D eigenvalue weighted by molar-refractivity contribution is 5.78.